The van der Waals surface area contributed by atoms with Crippen LogP contribution < -0.4 is 19.6 Å². The Kier molecular flexibility index (Phi) is 10.7. The van der Waals surface area contributed by atoms with Crippen LogP contribution in [0, 0.1) is 6.92 Å². The van der Waals surface area contributed by atoms with Crippen LogP contribution in [-0.2, 0) is 6.42 Å². The van der Waals surface area contributed by atoms with Gasteiger partial charge in [0.05, 0.1) is 18.5 Å². The molecule has 2 aromatic heterocycles. The Morgan fingerprint density at radius 2 is 1.73 bits per heavy atom. The average molecular weight is 679 g/mol. The lowest BCUT2D eigenvalue weighted by Crippen LogP contribution is -2.32. The third-order valence-corrected chi connectivity index (χ3v) is 8.63. The van der Waals surface area contributed by atoms with Crippen LogP contribution >= 0.6 is 11.3 Å². The van der Waals surface area contributed by atoms with Crippen LogP contribution in [-0.4, -0.2) is 44.9 Å². The summed E-state index contributed by atoms with van der Waals surface area (Å²) in [5, 5.41) is 9.46. The van der Waals surface area contributed by atoms with Crippen LogP contribution in [0.4, 0.5) is 18.0 Å². The van der Waals surface area contributed by atoms with Crippen LogP contribution in [0.3, 0.4) is 0 Å². The van der Waals surface area contributed by atoms with E-state index in [2.05, 4.69) is 39.0 Å². The highest BCUT2D eigenvalue weighted by molar-refractivity contribution is 7.07. The summed E-state index contributed by atoms with van der Waals surface area (Å²) in [5.41, 5.74) is 5.58. The van der Waals surface area contributed by atoms with E-state index in [1.165, 1.54) is 46.6 Å². The molecule has 0 aliphatic rings. The molecule has 0 radical (unpaired) electrons. The number of nitrogens with one attached hydrogen (secondary N) is 1. The van der Waals surface area contributed by atoms with Crippen molar-refractivity contribution in [2.75, 3.05) is 7.11 Å². The lowest BCUT2D eigenvalue weighted by Gasteiger charge is -2.16. The molecule has 0 saturated heterocycles. The molecule has 5 aromatic rings. The van der Waals surface area contributed by atoms with E-state index in [0.29, 0.717) is 16.3 Å². The summed E-state index contributed by atoms with van der Waals surface area (Å²) in [5.74, 6) is 1.22. The second-order valence-corrected chi connectivity index (χ2v) is 12.5. The smallest absolute Gasteiger partial charge is 0.497 e. The maximum atomic E-state index is 12.9. The van der Waals surface area contributed by atoms with Crippen molar-refractivity contribution in [3.05, 3.63) is 100 Å². The van der Waals surface area contributed by atoms with Crippen molar-refractivity contribution < 1.29 is 27.4 Å². The maximum absolute atomic E-state index is 12.9. The second-order valence-electron chi connectivity index (χ2n) is 11.7. The van der Waals surface area contributed by atoms with Crippen molar-refractivity contribution >= 4 is 17.4 Å². The van der Waals surface area contributed by atoms with E-state index < -0.39 is 6.36 Å². The van der Waals surface area contributed by atoms with Gasteiger partial charge in [-0.25, -0.2) is 14.5 Å². The van der Waals surface area contributed by atoms with Crippen molar-refractivity contribution in [2.45, 2.75) is 65.3 Å². The lowest BCUT2D eigenvalue weighted by atomic mass is 10.0. The summed E-state index contributed by atoms with van der Waals surface area (Å²) < 4.78 is 50.1. The standard InChI is InChI=1S/C35H37F3N6O3S/c1-22(2)30-19-29(46-5)17-18-31(30)44-24(4)20-48-34(44)41-33(45)40-23(3)7-6-8-25-9-11-26(12-10-25)32-39-21-43(42-32)27-13-15-28(16-14-27)47-35(36,37)38/h9-23H,6-8H2,1-5H3,(H,40,45). The van der Waals surface area contributed by atoms with E-state index in [1.54, 1.807) is 7.11 Å². The summed E-state index contributed by atoms with van der Waals surface area (Å²) in [6.07, 6.45) is -0.772. The Balaban J connectivity index is 1.15. The first kappa shape index (κ1) is 34.4. The number of alkyl halides is 3. The van der Waals surface area contributed by atoms with Crippen molar-refractivity contribution in [1.29, 1.82) is 0 Å². The number of aryl methyl sites for hydroxylation is 2. The van der Waals surface area contributed by atoms with Crippen molar-refractivity contribution in [3.63, 3.8) is 0 Å². The molecule has 1 unspecified atom stereocenters. The number of hydrogen-bond donors (Lipinski definition) is 1. The Bertz CT molecular complexity index is 1910. The minimum absolute atomic E-state index is 0.0653. The number of amides is 2. The number of carbonyl (C=O) groups excluding carboxylic acids is 1. The molecule has 13 heteroatoms. The van der Waals surface area contributed by atoms with Gasteiger partial charge in [-0.2, -0.15) is 4.99 Å². The quantitative estimate of drug-likeness (QED) is 0.152. The first-order chi connectivity index (χ1) is 22.9. The number of nitrogens with zero attached hydrogens (tertiary/aromatic N) is 5. The molecule has 252 valence electrons. The van der Waals surface area contributed by atoms with Crippen molar-refractivity contribution in [3.8, 4) is 34.3 Å². The summed E-state index contributed by atoms with van der Waals surface area (Å²) in [6, 6.07) is 18.8. The highest BCUT2D eigenvalue weighted by Gasteiger charge is 2.31. The number of hydrogen-bond acceptors (Lipinski definition) is 6. The van der Waals surface area contributed by atoms with Gasteiger partial charge in [-0.15, -0.1) is 29.6 Å². The number of carbonyl (C=O) groups is 1. The molecule has 0 spiro atoms. The molecule has 2 heterocycles. The molecule has 0 aliphatic carbocycles. The van der Waals surface area contributed by atoms with Crippen LogP contribution in [0.5, 0.6) is 11.5 Å². The van der Waals surface area contributed by atoms with Gasteiger partial charge in [-0.1, -0.05) is 38.1 Å². The minimum atomic E-state index is -4.75. The molecule has 5 rings (SSSR count). The predicted molar refractivity (Wildman–Crippen MR) is 179 cm³/mol. The molecule has 0 bridgehead atoms. The molecular weight excluding hydrogens is 641 g/mol. The van der Waals surface area contributed by atoms with Gasteiger partial charge in [0, 0.05) is 22.7 Å². The first-order valence-corrected chi connectivity index (χ1v) is 16.4. The molecule has 0 aliphatic heterocycles. The van der Waals surface area contributed by atoms with Gasteiger partial charge in [0.1, 0.15) is 17.8 Å². The number of ether oxygens (including phenoxy) is 2. The monoisotopic (exact) mass is 678 g/mol. The summed E-state index contributed by atoms with van der Waals surface area (Å²) in [4.78, 5) is 22.3. The van der Waals surface area contributed by atoms with Gasteiger partial charge in [0.2, 0.25) is 0 Å². The minimum Gasteiger partial charge on any atom is -0.497 e. The molecule has 3 aromatic carbocycles. The molecule has 9 nitrogen and oxygen atoms in total. The third kappa shape index (κ3) is 8.71. The first-order valence-electron chi connectivity index (χ1n) is 15.5. The normalized spacial score (nSPS) is 12.7. The van der Waals surface area contributed by atoms with E-state index in [9.17, 15) is 18.0 Å². The third-order valence-electron chi connectivity index (χ3n) is 7.68. The molecular formula is C35H37F3N6O3S. The zero-order valence-corrected chi connectivity index (χ0v) is 28.1. The number of aromatic nitrogens is 4. The number of methoxy groups -OCH3 is 1. The fourth-order valence-corrected chi connectivity index (χ4v) is 6.11. The SMILES string of the molecule is COc1ccc(-n2c(C)csc2=NC(=O)NC(C)CCCc2ccc(-c3ncn(-c4ccc(OC(F)(F)F)cc4)n3)cc2)c(C(C)C)c1. The van der Waals surface area contributed by atoms with Crippen LogP contribution in [0.15, 0.2) is 83.4 Å². The highest BCUT2D eigenvalue weighted by Crippen LogP contribution is 2.28. The Morgan fingerprint density at radius 1 is 1.02 bits per heavy atom. The van der Waals surface area contributed by atoms with Crippen LogP contribution in [0.1, 0.15) is 56.4 Å². The number of benzene rings is 3. The van der Waals surface area contributed by atoms with Crippen molar-refractivity contribution in [1.82, 2.24) is 24.6 Å². The van der Waals surface area contributed by atoms with Gasteiger partial charge in [-0.05, 0) is 92.6 Å². The Labute approximate surface area is 280 Å². The molecule has 1 N–H and O–H groups in total. The van der Waals surface area contributed by atoms with Gasteiger partial charge >= 0.3 is 12.4 Å². The summed E-state index contributed by atoms with van der Waals surface area (Å²) >= 11 is 1.43. The topological polar surface area (TPSA) is 95.6 Å². The molecule has 2 amide bonds. The van der Waals surface area contributed by atoms with Gasteiger partial charge in [0.25, 0.3) is 0 Å². The molecule has 0 saturated carbocycles. The zero-order chi connectivity index (χ0) is 34.4. The predicted octanol–water partition coefficient (Wildman–Crippen LogP) is 8.15. The zero-order valence-electron chi connectivity index (χ0n) is 27.3. The van der Waals surface area contributed by atoms with Gasteiger partial charge in [-0.3, -0.25) is 4.57 Å². The lowest BCUT2D eigenvalue weighted by molar-refractivity contribution is -0.274. The van der Waals surface area contributed by atoms with E-state index >= 15 is 0 Å². The summed E-state index contributed by atoms with van der Waals surface area (Å²) in [6.45, 7) is 8.23. The molecule has 1 atom stereocenters. The maximum Gasteiger partial charge on any atom is 0.573 e. The number of rotatable bonds is 11. The van der Waals surface area contributed by atoms with Gasteiger partial charge in [0.15, 0.2) is 10.6 Å². The summed E-state index contributed by atoms with van der Waals surface area (Å²) in [7, 11) is 1.65. The number of thiazole rings is 1. The Hall–Kier alpha value is -4.91. The molecule has 48 heavy (non-hydrogen) atoms. The second kappa shape index (κ2) is 14.9. The largest absolute Gasteiger partial charge is 0.573 e. The number of urea groups is 1. The molecule has 0 fully saturated rings. The van der Waals surface area contributed by atoms with Crippen molar-refractivity contribution in [2.24, 2.45) is 4.99 Å². The van der Waals surface area contributed by atoms with Crippen LogP contribution in [0.2, 0.25) is 0 Å². The van der Waals surface area contributed by atoms with Gasteiger partial charge < -0.3 is 14.8 Å². The Morgan fingerprint density at radius 3 is 2.40 bits per heavy atom. The van der Waals surface area contributed by atoms with E-state index in [-0.39, 0.29) is 23.7 Å². The van der Waals surface area contributed by atoms with E-state index in [4.69, 9.17) is 4.74 Å². The fraction of sp³-hybridized carbons (Fsp3) is 0.314. The van der Waals surface area contributed by atoms with E-state index in [0.717, 1.165) is 53.1 Å². The highest BCUT2D eigenvalue weighted by atomic mass is 32.1. The van der Waals surface area contributed by atoms with E-state index in [1.807, 2.05) is 66.3 Å². The average Bonchev–Trinajstić information content (AvgIpc) is 3.67. The number of halogens is 3. The fourth-order valence-electron chi connectivity index (χ4n) is 5.24. The van der Waals surface area contributed by atoms with Crippen LogP contribution in [0.25, 0.3) is 22.8 Å².